The van der Waals surface area contributed by atoms with Crippen molar-refractivity contribution in [1.29, 1.82) is 0 Å². The molecule has 0 saturated heterocycles. The molecule has 0 aliphatic carbocycles. The number of hydrogen-bond donors (Lipinski definition) is 1. The first kappa shape index (κ1) is 11.9. The number of ether oxygens (including phenoxy) is 1. The topological polar surface area (TPSA) is 46.5 Å². The Hall–Kier alpha value is -1.09. The van der Waals surface area contributed by atoms with Gasteiger partial charge in [0.1, 0.15) is 6.61 Å². The molecule has 0 aromatic rings. The highest BCUT2D eigenvalue weighted by Crippen LogP contribution is 1.97. The van der Waals surface area contributed by atoms with Crippen molar-refractivity contribution in [3.63, 3.8) is 0 Å². The van der Waals surface area contributed by atoms with E-state index in [-0.39, 0.29) is 6.61 Å². The standard InChI is InChI=1S/C10H16O3/c1-4-5-6-9(11)7-13-10(12)8(2)3/h4-5,9,11H,2,6-7H2,1,3H3. The zero-order chi connectivity index (χ0) is 10.3. The Morgan fingerprint density at radius 2 is 2.31 bits per heavy atom. The molecular weight excluding hydrogens is 168 g/mol. The fourth-order valence-electron chi connectivity index (χ4n) is 0.656. The van der Waals surface area contributed by atoms with Crippen LogP contribution in [0.15, 0.2) is 24.3 Å². The van der Waals surface area contributed by atoms with Crippen molar-refractivity contribution in [3.8, 4) is 0 Å². The number of carbonyl (C=O) groups excluding carboxylic acids is 1. The summed E-state index contributed by atoms with van der Waals surface area (Å²) in [5.74, 6) is -0.459. The molecule has 0 aliphatic heterocycles. The Labute approximate surface area is 78.7 Å². The molecule has 74 valence electrons. The van der Waals surface area contributed by atoms with Crippen LogP contribution in [0.1, 0.15) is 20.3 Å². The molecule has 0 bridgehead atoms. The van der Waals surface area contributed by atoms with Gasteiger partial charge in [0.25, 0.3) is 0 Å². The summed E-state index contributed by atoms with van der Waals surface area (Å²) in [5.41, 5.74) is 0.346. The maximum Gasteiger partial charge on any atom is 0.333 e. The van der Waals surface area contributed by atoms with Gasteiger partial charge in [-0.2, -0.15) is 0 Å². The maximum atomic E-state index is 10.9. The summed E-state index contributed by atoms with van der Waals surface area (Å²) in [4.78, 5) is 10.9. The minimum Gasteiger partial charge on any atom is -0.460 e. The van der Waals surface area contributed by atoms with Crippen LogP contribution in [0.3, 0.4) is 0 Å². The van der Waals surface area contributed by atoms with Gasteiger partial charge in [0, 0.05) is 5.57 Å². The highest BCUT2D eigenvalue weighted by atomic mass is 16.5. The van der Waals surface area contributed by atoms with Gasteiger partial charge in [-0.15, -0.1) is 0 Å². The van der Waals surface area contributed by atoms with Gasteiger partial charge in [0.2, 0.25) is 0 Å². The van der Waals surface area contributed by atoms with Crippen molar-refractivity contribution in [2.45, 2.75) is 26.4 Å². The van der Waals surface area contributed by atoms with Crippen LogP contribution in [-0.4, -0.2) is 23.8 Å². The zero-order valence-corrected chi connectivity index (χ0v) is 8.12. The Kier molecular flexibility index (Phi) is 5.89. The molecule has 0 aliphatic rings. The highest BCUT2D eigenvalue weighted by Gasteiger charge is 2.07. The molecular formula is C10H16O3. The van der Waals surface area contributed by atoms with Crippen LogP contribution in [0.25, 0.3) is 0 Å². The Balaban J connectivity index is 3.63. The summed E-state index contributed by atoms with van der Waals surface area (Å²) < 4.78 is 4.74. The van der Waals surface area contributed by atoms with Crippen molar-refractivity contribution in [1.82, 2.24) is 0 Å². The lowest BCUT2D eigenvalue weighted by atomic mass is 10.2. The van der Waals surface area contributed by atoms with E-state index in [0.717, 1.165) is 0 Å². The Morgan fingerprint density at radius 1 is 1.69 bits per heavy atom. The minimum absolute atomic E-state index is 0.0238. The number of aliphatic hydroxyl groups is 1. The number of esters is 1. The summed E-state index contributed by atoms with van der Waals surface area (Å²) in [6.45, 7) is 6.89. The molecule has 13 heavy (non-hydrogen) atoms. The molecule has 0 saturated carbocycles. The molecule has 0 spiro atoms. The van der Waals surface area contributed by atoms with Crippen LogP contribution in [0, 0.1) is 0 Å². The fraction of sp³-hybridized carbons (Fsp3) is 0.500. The van der Waals surface area contributed by atoms with E-state index >= 15 is 0 Å². The smallest absolute Gasteiger partial charge is 0.333 e. The predicted molar refractivity (Wildman–Crippen MR) is 51.2 cm³/mol. The van der Waals surface area contributed by atoms with Crippen molar-refractivity contribution in [3.05, 3.63) is 24.3 Å². The van der Waals surface area contributed by atoms with Crippen molar-refractivity contribution < 1.29 is 14.6 Å². The van der Waals surface area contributed by atoms with E-state index in [9.17, 15) is 9.90 Å². The molecule has 0 aromatic heterocycles. The molecule has 0 heterocycles. The second kappa shape index (κ2) is 6.43. The molecule has 0 aromatic carbocycles. The molecule has 1 unspecified atom stereocenters. The second-order valence-electron chi connectivity index (χ2n) is 2.84. The summed E-state index contributed by atoms with van der Waals surface area (Å²) in [6.07, 6.45) is 3.53. The van der Waals surface area contributed by atoms with Gasteiger partial charge in [-0.1, -0.05) is 18.7 Å². The molecule has 1 atom stereocenters. The van der Waals surface area contributed by atoms with E-state index in [4.69, 9.17) is 4.74 Å². The lowest BCUT2D eigenvalue weighted by Crippen LogP contribution is -2.18. The molecule has 1 N–H and O–H groups in total. The van der Waals surface area contributed by atoms with Crippen LogP contribution in [0.4, 0.5) is 0 Å². The SMILES string of the molecule is C=C(C)C(=O)OCC(O)CC=CC. The first-order valence-corrected chi connectivity index (χ1v) is 4.19. The molecule has 0 radical (unpaired) electrons. The van der Waals surface area contributed by atoms with E-state index in [0.29, 0.717) is 12.0 Å². The van der Waals surface area contributed by atoms with Crippen molar-refractivity contribution >= 4 is 5.97 Å². The quantitative estimate of drug-likeness (QED) is 0.399. The van der Waals surface area contributed by atoms with Gasteiger partial charge in [-0.05, 0) is 20.3 Å². The predicted octanol–water partition coefficient (Wildman–Crippen LogP) is 1.43. The van der Waals surface area contributed by atoms with Gasteiger partial charge >= 0.3 is 5.97 Å². The largest absolute Gasteiger partial charge is 0.460 e. The number of aliphatic hydroxyl groups excluding tert-OH is 1. The zero-order valence-electron chi connectivity index (χ0n) is 8.12. The van der Waals surface area contributed by atoms with E-state index in [1.165, 1.54) is 0 Å². The lowest BCUT2D eigenvalue weighted by Gasteiger charge is -2.08. The van der Waals surface area contributed by atoms with E-state index in [1.54, 1.807) is 6.92 Å². The number of allylic oxidation sites excluding steroid dienone is 1. The number of hydrogen-bond acceptors (Lipinski definition) is 3. The van der Waals surface area contributed by atoms with Crippen LogP contribution in [0.2, 0.25) is 0 Å². The van der Waals surface area contributed by atoms with Gasteiger partial charge in [0.15, 0.2) is 0 Å². The van der Waals surface area contributed by atoms with Gasteiger partial charge in [-0.25, -0.2) is 4.79 Å². The molecule has 3 heteroatoms. The van der Waals surface area contributed by atoms with Crippen LogP contribution < -0.4 is 0 Å². The Bertz CT molecular complexity index is 206. The van der Waals surface area contributed by atoms with Gasteiger partial charge < -0.3 is 9.84 Å². The number of carbonyl (C=O) groups is 1. The first-order chi connectivity index (χ1) is 6.07. The van der Waals surface area contributed by atoms with Crippen molar-refractivity contribution in [2.75, 3.05) is 6.61 Å². The third-order valence-electron chi connectivity index (χ3n) is 1.40. The highest BCUT2D eigenvalue weighted by molar-refractivity contribution is 5.86. The van der Waals surface area contributed by atoms with Crippen LogP contribution in [-0.2, 0) is 9.53 Å². The first-order valence-electron chi connectivity index (χ1n) is 4.19. The average Bonchev–Trinajstić information content (AvgIpc) is 2.10. The molecule has 0 rings (SSSR count). The second-order valence-corrected chi connectivity index (χ2v) is 2.84. The Morgan fingerprint density at radius 3 is 2.77 bits per heavy atom. The van der Waals surface area contributed by atoms with Crippen LogP contribution >= 0.6 is 0 Å². The van der Waals surface area contributed by atoms with E-state index in [2.05, 4.69) is 6.58 Å². The fourth-order valence-corrected chi connectivity index (χ4v) is 0.656. The van der Waals surface area contributed by atoms with Crippen LogP contribution in [0.5, 0.6) is 0 Å². The molecule has 0 fully saturated rings. The normalized spacial score (nSPS) is 12.8. The number of rotatable bonds is 5. The lowest BCUT2D eigenvalue weighted by molar-refractivity contribution is -0.141. The third kappa shape index (κ3) is 6.11. The summed E-state index contributed by atoms with van der Waals surface area (Å²) in [5, 5.41) is 9.25. The average molecular weight is 184 g/mol. The van der Waals surface area contributed by atoms with Crippen molar-refractivity contribution in [2.24, 2.45) is 0 Å². The summed E-state index contributed by atoms with van der Waals surface area (Å²) >= 11 is 0. The summed E-state index contributed by atoms with van der Waals surface area (Å²) in [7, 11) is 0. The van der Waals surface area contributed by atoms with E-state index in [1.807, 2.05) is 19.1 Å². The maximum absolute atomic E-state index is 10.9. The van der Waals surface area contributed by atoms with Gasteiger partial charge in [-0.3, -0.25) is 0 Å². The van der Waals surface area contributed by atoms with Gasteiger partial charge in [0.05, 0.1) is 6.10 Å². The minimum atomic E-state index is -0.625. The van der Waals surface area contributed by atoms with E-state index < -0.39 is 12.1 Å². The third-order valence-corrected chi connectivity index (χ3v) is 1.40. The monoisotopic (exact) mass is 184 g/mol. The molecule has 3 nitrogen and oxygen atoms in total. The summed E-state index contributed by atoms with van der Waals surface area (Å²) in [6, 6.07) is 0. The molecule has 0 amide bonds.